The Kier molecular flexibility index (Phi) is 2.08. The molecule has 2 rings (SSSR count). The van der Waals surface area contributed by atoms with Crippen molar-refractivity contribution in [3.05, 3.63) is 34.5 Å². The monoisotopic (exact) mass is 208 g/mol. The van der Waals surface area contributed by atoms with Crippen LogP contribution in [0.4, 0.5) is 0 Å². The average molecular weight is 209 g/mol. The minimum Gasteiger partial charge on any atom is -0.461 e. The van der Waals surface area contributed by atoms with Gasteiger partial charge in [0.05, 0.1) is 10.6 Å². The third-order valence-electron chi connectivity index (χ3n) is 2.13. The molecule has 0 bridgehead atoms. The highest BCUT2D eigenvalue weighted by Crippen LogP contribution is 2.29. The predicted octanol–water partition coefficient (Wildman–Crippen LogP) is 3.60. The quantitative estimate of drug-likeness (QED) is 0.671. The van der Waals surface area contributed by atoms with E-state index in [1.165, 1.54) is 6.92 Å². The Morgan fingerprint density at radius 1 is 1.43 bits per heavy atom. The predicted molar refractivity (Wildman–Crippen MR) is 56.0 cm³/mol. The lowest BCUT2D eigenvalue weighted by Gasteiger charge is -1.98. The van der Waals surface area contributed by atoms with E-state index in [0.717, 1.165) is 11.1 Å². The van der Waals surface area contributed by atoms with E-state index >= 15 is 0 Å². The van der Waals surface area contributed by atoms with Gasteiger partial charge in [0.15, 0.2) is 5.78 Å². The number of aryl methyl sites for hydroxylation is 1. The summed E-state index contributed by atoms with van der Waals surface area (Å²) in [5.41, 5.74) is 1.17. The fourth-order valence-electron chi connectivity index (χ4n) is 1.49. The van der Waals surface area contributed by atoms with E-state index in [4.69, 9.17) is 16.0 Å². The number of benzene rings is 1. The molecule has 1 heterocycles. The smallest absolute Gasteiger partial charge is 0.163 e. The van der Waals surface area contributed by atoms with Crippen LogP contribution < -0.4 is 0 Å². The maximum absolute atomic E-state index is 11.3. The van der Waals surface area contributed by atoms with Crippen molar-refractivity contribution in [2.24, 2.45) is 0 Å². The molecule has 1 aromatic heterocycles. The first-order chi connectivity index (χ1) is 6.59. The molecular formula is C11H9ClO2. The zero-order chi connectivity index (χ0) is 10.3. The Morgan fingerprint density at radius 3 is 2.79 bits per heavy atom. The lowest BCUT2D eigenvalue weighted by molar-refractivity contribution is 0.101. The third kappa shape index (κ3) is 1.32. The van der Waals surface area contributed by atoms with Gasteiger partial charge in [-0.3, -0.25) is 4.79 Å². The summed E-state index contributed by atoms with van der Waals surface area (Å²) < 4.78 is 5.44. The molecule has 0 saturated carbocycles. The van der Waals surface area contributed by atoms with Crippen molar-refractivity contribution in [3.63, 3.8) is 0 Å². The first-order valence-corrected chi connectivity index (χ1v) is 4.67. The molecule has 14 heavy (non-hydrogen) atoms. The van der Waals surface area contributed by atoms with E-state index in [9.17, 15) is 4.79 Å². The van der Waals surface area contributed by atoms with Crippen molar-refractivity contribution in [1.29, 1.82) is 0 Å². The van der Waals surface area contributed by atoms with Gasteiger partial charge in [0.2, 0.25) is 0 Å². The van der Waals surface area contributed by atoms with Crippen LogP contribution in [-0.2, 0) is 0 Å². The normalized spacial score (nSPS) is 10.8. The molecule has 3 heteroatoms. The van der Waals surface area contributed by atoms with Gasteiger partial charge < -0.3 is 4.42 Å². The number of Topliss-reactive ketones (excluding diaryl/α,β-unsaturated/α-hetero) is 1. The number of hydrogen-bond acceptors (Lipinski definition) is 2. The van der Waals surface area contributed by atoms with Crippen LogP contribution in [0.3, 0.4) is 0 Å². The molecule has 0 aliphatic rings. The van der Waals surface area contributed by atoms with Crippen LogP contribution in [0.1, 0.15) is 23.0 Å². The maximum atomic E-state index is 11.3. The van der Waals surface area contributed by atoms with Crippen molar-refractivity contribution < 1.29 is 9.21 Å². The minimum absolute atomic E-state index is 0.0129. The number of halogens is 1. The zero-order valence-electron chi connectivity index (χ0n) is 7.93. The summed E-state index contributed by atoms with van der Waals surface area (Å²) >= 11 is 5.98. The fraction of sp³-hybridized carbons (Fsp3) is 0.182. The molecule has 2 aromatic rings. The lowest BCUT2D eigenvalue weighted by atomic mass is 10.1. The van der Waals surface area contributed by atoms with E-state index in [2.05, 4.69) is 0 Å². The van der Waals surface area contributed by atoms with Gasteiger partial charge in [0, 0.05) is 5.39 Å². The van der Waals surface area contributed by atoms with Crippen LogP contribution >= 0.6 is 11.6 Å². The molecule has 0 spiro atoms. The van der Waals surface area contributed by atoms with Crippen LogP contribution in [0, 0.1) is 6.92 Å². The molecule has 72 valence electrons. The molecule has 0 radical (unpaired) electrons. The lowest BCUT2D eigenvalue weighted by Crippen LogP contribution is -1.91. The molecule has 0 amide bonds. The van der Waals surface area contributed by atoms with Gasteiger partial charge in [-0.05, 0) is 32.0 Å². The second-order valence-electron chi connectivity index (χ2n) is 3.25. The van der Waals surface area contributed by atoms with Gasteiger partial charge in [-0.2, -0.15) is 0 Å². The molecular weight excluding hydrogens is 200 g/mol. The SMILES string of the molecule is CC(=O)c1ccc(Cl)c2cc(C)oc12. The molecule has 0 N–H and O–H groups in total. The van der Waals surface area contributed by atoms with Gasteiger partial charge >= 0.3 is 0 Å². The Labute approximate surface area is 86.5 Å². The van der Waals surface area contributed by atoms with Gasteiger partial charge in [-0.15, -0.1) is 0 Å². The van der Waals surface area contributed by atoms with Crippen LogP contribution in [0.5, 0.6) is 0 Å². The minimum atomic E-state index is -0.0129. The van der Waals surface area contributed by atoms with E-state index in [-0.39, 0.29) is 5.78 Å². The van der Waals surface area contributed by atoms with E-state index in [1.807, 2.05) is 13.0 Å². The number of fused-ring (bicyclic) bond motifs is 1. The molecule has 0 atom stereocenters. The van der Waals surface area contributed by atoms with Crippen molar-refractivity contribution >= 4 is 28.4 Å². The van der Waals surface area contributed by atoms with Gasteiger partial charge in [0.25, 0.3) is 0 Å². The third-order valence-corrected chi connectivity index (χ3v) is 2.46. The van der Waals surface area contributed by atoms with Crippen molar-refractivity contribution in [2.75, 3.05) is 0 Å². The van der Waals surface area contributed by atoms with Crippen molar-refractivity contribution in [2.45, 2.75) is 13.8 Å². The largest absolute Gasteiger partial charge is 0.461 e. The summed E-state index contributed by atoms with van der Waals surface area (Å²) in [5, 5.41) is 1.42. The molecule has 0 aliphatic heterocycles. The van der Waals surface area contributed by atoms with Gasteiger partial charge in [-0.1, -0.05) is 11.6 Å². The first kappa shape index (κ1) is 9.28. The number of carbonyl (C=O) groups excluding carboxylic acids is 1. The zero-order valence-corrected chi connectivity index (χ0v) is 8.68. The standard InChI is InChI=1S/C11H9ClO2/c1-6-5-9-10(12)4-3-8(7(2)13)11(9)14-6/h3-5H,1-2H3. The van der Waals surface area contributed by atoms with Gasteiger partial charge in [0.1, 0.15) is 11.3 Å². The van der Waals surface area contributed by atoms with Crippen molar-refractivity contribution in [3.8, 4) is 0 Å². The number of furan rings is 1. The highest BCUT2D eigenvalue weighted by molar-refractivity contribution is 6.35. The van der Waals surface area contributed by atoms with E-state index in [1.54, 1.807) is 12.1 Å². The summed E-state index contributed by atoms with van der Waals surface area (Å²) in [6, 6.07) is 5.25. The topological polar surface area (TPSA) is 30.2 Å². The summed E-state index contributed by atoms with van der Waals surface area (Å²) in [5.74, 6) is 0.747. The van der Waals surface area contributed by atoms with E-state index in [0.29, 0.717) is 16.2 Å². The van der Waals surface area contributed by atoms with E-state index < -0.39 is 0 Å². The van der Waals surface area contributed by atoms with Crippen LogP contribution in [-0.4, -0.2) is 5.78 Å². The summed E-state index contributed by atoms with van der Waals surface area (Å²) in [4.78, 5) is 11.3. The second kappa shape index (κ2) is 3.14. The molecule has 0 unspecified atom stereocenters. The number of hydrogen-bond donors (Lipinski definition) is 0. The average Bonchev–Trinajstić information content (AvgIpc) is 2.47. The molecule has 0 aliphatic carbocycles. The van der Waals surface area contributed by atoms with Crippen molar-refractivity contribution in [1.82, 2.24) is 0 Å². The Bertz CT molecular complexity index is 511. The fourth-order valence-corrected chi connectivity index (χ4v) is 1.69. The Hall–Kier alpha value is -1.28. The highest BCUT2D eigenvalue weighted by atomic mass is 35.5. The Morgan fingerprint density at radius 2 is 2.14 bits per heavy atom. The highest BCUT2D eigenvalue weighted by Gasteiger charge is 2.12. The molecule has 1 aromatic carbocycles. The molecule has 0 saturated heterocycles. The number of carbonyl (C=O) groups is 1. The molecule has 0 fully saturated rings. The van der Waals surface area contributed by atoms with Crippen LogP contribution in [0.25, 0.3) is 11.0 Å². The summed E-state index contributed by atoms with van der Waals surface area (Å²) in [6.45, 7) is 3.35. The van der Waals surface area contributed by atoms with Crippen LogP contribution in [0.15, 0.2) is 22.6 Å². The number of ketones is 1. The first-order valence-electron chi connectivity index (χ1n) is 4.29. The Balaban J connectivity index is 2.87. The molecule has 2 nitrogen and oxygen atoms in total. The second-order valence-corrected chi connectivity index (χ2v) is 3.66. The van der Waals surface area contributed by atoms with Gasteiger partial charge in [-0.25, -0.2) is 0 Å². The van der Waals surface area contributed by atoms with Crippen LogP contribution in [0.2, 0.25) is 5.02 Å². The number of rotatable bonds is 1. The summed E-state index contributed by atoms with van der Waals surface area (Å²) in [7, 11) is 0. The maximum Gasteiger partial charge on any atom is 0.163 e. The summed E-state index contributed by atoms with van der Waals surface area (Å²) in [6.07, 6.45) is 0.